The summed E-state index contributed by atoms with van der Waals surface area (Å²) in [4.78, 5) is 39.3. The fourth-order valence-electron chi connectivity index (χ4n) is 4.35. The quantitative estimate of drug-likeness (QED) is 0.409. The lowest BCUT2D eigenvalue weighted by Crippen LogP contribution is -2.61. The Morgan fingerprint density at radius 1 is 1.17 bits per heavy atom. The summed E-state index contributed by atoms with van der Waals surface area (Å²) >= 11 is 3.50. The average molecular weight is 537 g/mol. The molecule has 2 heterocycles. The summed E-state index contributed by atoms with van der Waals surface area (Å²) in [5.41, 5.74) is 2.51. The molecular formula is C27H29BrN4O3. The molecule has 0 saturated carbocycles. The molecule has 1 fully saturated rings. The van der Waals surface area contributed by atoms with Crippen LogP contribution in [-0.4, -0.2) is 52.4 Å². The van der Waals surface area contributed by atoms with Gasteiger partial charge in [0.25, 0.3) is 5.91 Å². The molecule has 8 heteroatoms. The fraction of sp³-hybridized carbons (Fsp3) is 0.296. The second kappa shape index (κ2) is 10.9. The molecule has 2 N–H and O–H groups in total. The number of hydrogen-bond donors (Lipinski definition) is 2. The van der Waals surface area contributed by atoms with Gasteiger partial charge in [-0.3, -0.25) is 14.4 Å². The van der Waals surface area contributed by atoms with Crippen molar-refractivity contribution < 1.29 is 14.4 Å². The zero-order valence-electron chi connectivity index (χ0n) is 19.7. The molecule has 3 amide bonds. The van der Waals surface area contributed by atoms with E-state index in [0.717, 1.165) is 28.2 Å². The lowest BCUT2D eigenvalue weighted by Gasteiger charge is -2.38. The Morgan fingerprint density at radius 3 is 2.60 bits per heavy atom. The highest BCUT2D eigenvalue weighted by atomic mass is 79.9. The number of likely N-dealkylation sites (tertiary alicyclic amines) is 1. The number of carbonyl (C=O) groups is 3. The van der Waals surface area contributed by atoms with Crippen molar-refractivity contribution in [2.24, 2.45) is 0 Å². The molecule has 3 aromatic rings. The van der Waals surface area contributed by atoms with Crippen LogP contribution in [0, 0.1) is 0 Å². The molecule has 1 aliphatic rings. The van der Waals surface area contributed by atoms with Gasteiger partial charge in [-0.2, -0.15) is 0 Å². The average Bonchev–Trinajstić information content (AvgIpc) is 3.18. The maximum Gasteiger partial charge on any atom is 0.253 e. The summed E-state index contributed by atoms with van der Waals surface area (Å²) in [6.07, 6.45) is 4.58. The van der Waals surface area contributed by atoms with Gasteiger partial charge >= 0.3 is 0 Å². The highest BCUT2D eigenvalue weighted by Gasteiger charge is 2.30. The first-order valence-corrected chi connectivity index (χ1v) is 12.5. The van der Waals surface area contributed by atoms with E-state index in [-0.39, 0.29) is 36.3 Å². The molecule has 4 rings (SSSR count). The number of hydrogen-bond acceptors (Lipinski definition) is 3. The van der Waals surface area contributed by atoms with Crippen molar-refractivity contribution >= 4 is 44.6 Å². The third-order valence-electron chi connectivity index (χ3n) is 6.29. The number of carbonyl (C=O) groups excluding carboxylic acids is 3. The van der Waals surface area contributed by atoms with Crippen molar-refractivity contribution in [2.45, 2.75) is 38.4 Å². The zero-order valence-corrected chi connectivity index (χ0v) is 21.3. The second-order valence-electron chi connectivity index (χ2n) is 8.81. The lowest BCUT2D eigenvalue weighted by molar-refractivity contribution is -0.133. The number of benzene rings is 2. The second-order valence-corrected chi connectivity index (χ2v) is 9.73. The third-order valence-corrected chi connectivity index (χ3v) is 6.78. The molecule has 0 aliphatic carbocycles. The molecule has 0 spiro atoms. The number of aromatic nitrogens is 1. The van der Waals surface area contributed by atoms with E-state index in [1.54, 1.807) is 15.7 Å². The Bertz CT molecular complexity index is 1250. The number of nitrogens with one attached hydrogen (secondary N) is 2. The Labute approximate surface area is 213 Å². The number of amides is 3. The van der Waals surface area contributed by atoms with Crippen LogP contribution >= 0.6 is 15.9 Å². The van der Waals surface area contributed by atoms with Crippen LogP contribution in [0.2, 0.25) is 0 Å². The van der Waals surface area contributed by atoms with E-state index in [2.05, 4.69) is 52.2 Å². The largest absolute Gasteiger partial charge is 0.349 e. The third kappa shape index (κ3) is 5.82. The summed E-state index contributed by atoms with van der Waals surface area (Å²) in [7, 11) is 0. The van der Waals surface area contributed by atoms with E-state index in [9.17, 15) is 14.4 Å². The van der Waals surface area contributed by atoms with Gasteiger partial charge in [-0.25, -0.2) is 0 Å². The minimum absolute atomic E-state index is 0.00131. The van der Waals surface area contributed by atoms with Gasteiger partial charge in [-0.15, -0.1) is 0 Å². The maximum atomic E-state index is 13.3. The van der Waals surface area contributed by atoms with Crippen LogP contribution in [0.3, 0.4) is 0 Å². The first kappa shape index (κ1) is 24.7. The van der Waals surface area contributed by atoms with Crippen LogP contribution in [0.1, 0.15) is 29.3 Å². The fourth-order valence-corrected chi connectivity index (χ4v) is 4.71. The number of nitrogens with zero attached hydrogens (tertiary/aromatic N) is 2. The first-order chi connectivity index (χ1) is 16.9. The van der Waals surface area contributed by atoms with Gasteiger partial charge in [0.05, 0.1) is 11.6 Å². The Kier molecular flexibility index (Phi) is 7.70. The molecule has 1 saturated heterocycles. The van der Waals surface area contributed by atoms with Gasteiger partial charge in [0.2, 0.25) is 11.8 Å². The van der Waals surface area contributed by atoms with Gasteiger partial charge in [-0.1, -0.05) is 59.8 Å². The molecular weight excluding hydrogens is 508 g/mol. The number of fused-ring (bicyclic) bond motifs is 1. The minimum Gasteiger partial charge on any atom is -0.349 e. The molecule has 1 aromatic heterocycles. The van der Waals surface area contributed by atoms with Crippen molar-refractivity contribution in [3.8, 4) is 0 Å². The predicted octanol–water partition coefficient (Wildman–Crippen LogP) is 3.67. The van der Waals surface area contributed by atoms with Crippen LogP contribution in [0.25, 0.3) is 10.9 Å². The van der Waals surface area contributed by atoms with Gasteiger partial charge in [0.1, 0.15) is 6.54 Å². The van der Waals surface area contributed by atoms with Crippen LogP contribution in [0.4, 0.5) is 0 Å². The van der Waals surface area contributed by atoms with Gasteiger partial charge in [0.15, 0.2) is 0 Å². The van der Waals surface area contributed by atoms with Crippen molar-refractivity contribution in [3.05, 3.63) is 83.0 Å². The topological polar surface area (TPSA) is 83.4 Å². The van der Waals surface area contributed by atoms with E-state index in [1.165, 1.54) is 11.6 Å². The predicted molar refractivity (Wildman–Crippen MR) is 140 cm³/mol. The van der Waals surface area contributed by atoms with Crippen molar-refractivity contribution in [2.75, 3.05) is 13.1 Å². The van der Waals surface area contributed by atoms with E-state index in [0.29, 0.717) is 18.7 Å². The van der Waals surface area contributed by atoms with Gasteiger partial charge in [0, 0.05) is 40.7 Å². The van der Waals surface area contributed by atoms with E-state index >= 15 is 0 Å². The van der Waals surface area contributed by atoms with Crippen molar-refractivity contribution in [1.82, 2.24) is 20.1 Å². The normalized spacial score (nSPS) is 14.3. The molecule has 1 atom stereocenters. The van der Waals surface area contributed by atoms with E-state index in [4.69, 9.17) is 0 Å². The summed E-state index contributed by atoms with van der Waals surface area (Å²) in [5.74, 6) is -0.457. The van der Waals surface area contributed by atoms with Gasteiger partial charge in [-0.05, 0) is 42.7 Å². The molecule has 0 radical (unpaired) electrons. The Balaban J connectivity index is 1.47. The van der Waals surface area contributed by atoms with Crippen molar-refractivity contribution in [1.29, 1.82) is 0 Å². The van der Waals surface area contributed by atoms with E-state index < -0.39 is 0 Å². The van der Waals surface area contributed by atoms with Crippen molar-refractivity contribution in [3.63, 3.8) is 0 Å². The summed E-state index contributed by atoms with van der Waals surface area (Å²) in [5, 5.41) is 6.91. The maximum absolute atomic E-state index is 13.3. The molecule has 35 heavy (non-hydrogen) atoms. The smallest absolute Gasteiger partial charge is 0.253 e. The molecule has 182 valence electrons. The minimum atomic E-state index is -0.164. The summed E-state index contributed by atoms with van der Waals surface area (Å²) < 4.78 is 2.66. The van der Waals surface area contributed by atoms with Crippen LogP contribution in [0.5, 0.6) is 0 Å². The zero-order chi connectivity index (χ0) is 24.9. The SMILES string of the molecule is C=CC(=O)N1CC(NC(=O)Cn2cc(C(=O)NC(CC)Cc3ccccc3)c3cc(Br)ccc32)C1. The van der Waals surface area contributed by atoms with Crippen LogP contribution < -0.4 is 10.6 Å². The molecule has 7 nitrogen and oxygen atoms in total. The molecule has 2 aromatic carbocycles. The molecule has 1 aliphatic heterocycles. The van der Waals surface area contributed by atoms with E-state index in [1.807, 2.05) is 36.4 Å². The number of halogens is 1. The first-order valence-electron chi connectivity index (χ1n) is 11.7. The Hall–Kier alpha value is -3.39. The highest BCUT2D eigenvalue weighted by Crippen LogP contribution is 2.26. The lowest BCUT2D eigenvalue weighted by atomic mass is 10.0. The van der Waals surface area contributed by atoms with Crippen LogP contribution in [0.15, 0.2) is 71.9 Å². The standard InChI is InChI=1S/C27H29BrN4O3/c1-3-20(12-18-8-6-5-7-9-18)30-27(35)23-16-31(24-11-10-19(28)13-22(23)24)17-25(33)29-21-14-32(15-21)26(34)4-2/h4-11,13,16,20-21H,2-3,12,14-15,17H2,1H3,(H,29,33)(H,30,35). The molecule has 1 unspecified atom stereocenters. The van der Waals surface area contributed by atoms with Crippen LogP contribution in [-0.2, 0) is 22.6 Å². The highest BCUT2D eigenvalue weighted by molar-refractivity contribution is 9.10. The number of rotatable bonds is 9. The van der Waals surface area contributed by atoms with Gasteiger partial charge < -0.3 is 20.1 Å². The summed E-state index contributed by atoms with van der Waals surface area (Å²) in [6, 6.07) is 15.7. The summed E-state index contributed by atoms with van der Waals surface area (Å²) in [6.45, 7) is 6.57. The monoisotopic (exact) mass is 536 g/mol. The Morgan fingerprint density at radius 2 is 1.91 bits per heavy atom. The molecule has 0 bridgehead atoms.